The Balaban J connectivity index is 2.26. The highest BCUT2D eigenvalue weighted by atomic mass is 32.2. The molecule has 0 bridgehead atoms. The molecule has 0 aliphatic rings. The van der Waals surface area contributed by atoms with Crippen molar-refractivity contribution in [1.29, 1.82) is 0 Å². The third kappa shape index (κ3) is 4.29. The van der Waals surface area contributed by atoms with Gasteiger partial charge in [-0.25, -0.2) is 8.42 Å². The van der Waals surface area contributed by atoms with Gasteiger partial charge in [-0.3, -0.25) is 0 Å². The van der Waals surface area contributed by atoms with Crippen molar-refractivity contribution in [2.24, 2.45) is 0 Å². The summed E-state index contributed by atoms with van der Waals surface area (Å²) in [6.07, 6.45) is 0. The molecule has 0 unspecified atom stereocenters. The number of ether oxygens (including phenoxy) is 2. The Morgan fingerprint density at radius 2 is 1.22 bits per heavy atom. The van der Waals surface area contributed by atoms with Gasteiger partial charge >= 0.3 is 0 Å². The van der Waals surface area contributed by atoms with E-state index in [0.29, 0.717) is 34.0 Å². The minimum atomic E-state index is -3.45. The van der Waals surface area contributed by atoms with E-state index in [2.05, 4.69) is 0 Å². The summed E-state index contributed by atoms with van der Waals surface area (Å²) in [6, 6.07) is 9.88. The molecule has 23 heavy (non-hydrogen) atoms. The maximum atomic E-state index is 12.5. The van der Waals surface area contributed by atoms with Gasteiger partial charge in [0.05, 0.1) is 25.7 Å². The molecule has 0 heterocycles. The average molecular weight is 336 g/mol. The Labute approximate surface area is 135 Å². The lowest BCUT2D eigenvalue weighted by molar-refractivity contribution is 0.414. The fourth-order valence-electron chi connectivity index (χ4n) is 2.19. The number of sulfone groups is 1. The number of anilines is 2. The van der Waals surface area contributed by atoms with E-state index in [-0.39, 0.29) is 11.5 Å². The van der Waals surface area contributed by atoms with E-state index in [1.54, 1.807) is 36.4 Å². The van der Waals surface area contributed by atoms with Gasteiger partial charge < -0.3 is 20.9 Å². The second-order valence-electron chi connectivity index (χ2n) is 5.16. The molecule has 124 valence electrons. The van der Waals surface area contributed by atoms with Crippen molar-refractivity contribution in [3.63, 3.8) is 0 Å². The number of hydrogen-bond acceptors (Lipinski definition) is 6. The molecule has 4 N–H and O–H groups in total. The third-order valence-corrected chi connectivity index (χ3v) is 4.95. The molecular weight excluding hydrogens is 316 g/mol. The zero-order chi connectivity index (χ0) is 17.0. The van der Waals surface area contributed by atoms with Gasteiger partial charge in [-0.2, -0.15) is 0 Å². The van der Waals surface area contributed by atoms with Crippen LogP contribution in [-0.2, 0) is 21.3 Å². The lowest BCUT2D eigenvalue weighted by Gasteiger charge is -2.11. The quantitative estimate of drug-likeness (QED) is 0.782. The number of rotatable bonds is 6. The van der Waals surface area contributed by atoms with Gasteiger partial charge in [-0.1, -0.05) is 0 Å². The van der Waals surface area contributed by atoms with Gasteiger partial charge in [0.2, 0.25) is 0 Å². The van der Waals surface area contributed by atoms with E-state index < -0.39 is 9.84 Å². The van der Waals surface area contributed by atoms with Crippen molar-refractivity contribution in [3.8, 4) is 11.5 Å². The molecule has 0 aliphatic carbocycles. The molecule has 0 fully saturated rings. The van der Waals surface area contributed by atoms with Crippen molar-refractivity contribution in [2.75, 3.05) is 25.7 Å². The number of methoxy groups -OCH3 is 2. The molecule has 0 saturated carbocycles. The smallest absolute Gasteiger partial charge is 0.158 e. The van der Waals surface area contributed by atoms with Crippen LogP contribution in [0.15, 0.2) is 36.4 Å². The second kappa shape index (κ2) is 6.78. The van der Waals surface area contributed by atoms with Gasteiger partial charge in [0.15, 0.2) is 9.84 Å². The first-order chi connectivity index (χ1) is 10.8. The summed E-state index contributed by atoms with van der Waals surface area (Å²) in [5.74, 6) is 0.745. The van der Waals surface area contributed by atoms with Gasteiger partial charge in [-0.05, 0) is 47.5 Å². The fraction of sp³-hybridized carbons (Fsp3) is 0.250. The van der Waals surface area contributed by atoms with Gasteiger partial charge in [0, 0.05) is 11.4 Å². The van der Waals surface area contributed by atoms with Crippen molar-refractivity contribution in [2.45, 2.75) is 11.5 Å². The maximum absolute atomic E-state index is 12.5. The Morgan fingerprint density at radius 1 is 0.826 bits per heavy atom. The molecule has 0 saturated heterocycles. The van der Waals surface area contributed by atoms with Crippen molar-refractivity contribution in [3.05, 3.63) is 47.5 Å². The minimum Gasteiger partial charge on any atom is -0.497 e. The number of benzene rings is 2. The van der Waals surface area contributed by atoms with E-state index in [4.69, 9.17) is 20.9 Å². The minimum absolute atomic E-state index is 0.188. The van der Waals surface area contributed by atoms with Crippen molar-refractivity contribution >= 4 is 21.2 Å². The predicted octanol–water partition coefficient (Wildman–Crippen LogP) is 1.98. The molecule has 6 nitrogen and oxygen atoms in total. The summed E-state index contributed by atoms with van der Waals surface area (Å²) in [6.45, 7) is 0. The van der Waals surface area contributed by atoms with Gasteiger partial charge in [0.25, 0.3) is 0 Å². The fourth-order valence-corrected chi connectivity index (χ4v) is 3.74. The number of nitrogens with two attached hydrogens (primary N) is 2. The van der Waals surface area contributed by atoms with Gasteiger partial charge in [0.1, 0.15) is 11.5 Å². The molecule has 2 aromatic rings. The van der Waals surface area contributed by atoms with Crippen LogP contribution in [-0.4, -0.2) is 22.6 Å². The molecule has 0 spiro atoms. The van der Waals surface area contributed by atoms with Gasteiger partial charge in [-0.15, -0.1) is 0 Å². The lowest BCUT2D eigenvalue weighted by atomic mass is 10.2. The largest absolute Gasteiger partial charge is 0.497 e. The first-order valence-corrected chi connectivity index (χ1v) is 8.72. The summed E-state index contributed by atoms with van der Waals surface area (Å²) in [5.41, 5.74) is 13.5. The maximum Gasteiger partial charge on any atom is 0.158 e. The first-order valence-electron chi connectivity index (χ1n) is 6.90. The lowest BCUT2D eigenvalue weighted by Crippen LogP contribution is -2.11. The van der Waals surface area contributed by atoms with Crippen LogP contribution in [0.4, 0.5) is 11.4 Å². The second-order valence-corrected chi connectivity index (χ2v) is 7.23. The Bertz CT molecular complexity index is 742. The summed E-state index contributed by atoms with van der Waals surface area (Å²) in [4.78, 5) is 0. The molecule has 2 rings (SSSR count). The molecule has 0 aliphatic heterocycles. The number of nitrogen functional groups attached to an aromatic ring is 2. The zero-order valence-electron chi connectivity index (χ0n) is 13.1. The number of hydrogen-bond donors (Lipinski definition) is 2. The van der Waals surface area contributed by atoms with Crippen molar-refractivity contribution < 1.29 is 17.9 Å². The Hall–Kier alpha value is -2.41. The summed E-state index contributed by atoms with van der Waals surface area (Å²) in [7, 11) is -0.424. The Morgan fingerprint density at radius 3 is 1.57 bits per heavy atom. The van der Waals surface area contributed by atoms with E-state index in [1.807, 2.05) is 0 Å². The Kier molecular flexibility index (Phi) is 5.00. The summed E-state index contributed by atoms with van der Waals surface area (Å²) >= 11 is 0. The molecule has 0 amide bonds. The van der Waals surface area contributed by atoms with Crippen LogP contribution in [0.5, 0.6) is 11.5 Å². The molecular formula is C16H20N2O4S. The van der Waals surface area contributed by atoms with Crippen LogP contribution in [0.3, 0.4) is 0 Å². The predicted molar refractivity (Wildman–Crippen MR) is 91.1 cm³/mol. The molecule has 0 aromatic heterocycles. The molecule has 7 heteroatoms. The van der Waals surface area contributed by atoms with E-state index in [9.17, 15) is 8.42 Å². The SMILES string of the molecule is COc1ccc(N)c(CS(=O)(=O)Cc2cc(OC)ccc2N)c1. The zero-order valence-corrected chi connectivity index (χ0v) is 13.9. The van der Waals surface area contributed by atoms with Crippen molar-refractivity contribution in [1.82, 2.24) is 0 Å². The average Bonchev–Trinajstić information content (AvgIpc) is 2.51. The van der Waals surface area contributed by atoms with E-state index in [1.165, 1.54) is 14.2 Å². The summed E-state index contributed by atoms with van der Waals surface area (Å²) in [5, 5.41) is 0. The van der Waals surface area contributed by atoms with Crippen LogP contribution >= 0.6 is 0 Å². The highest BCUT2D eigenvalue weighted by molar-refractivity contribution is 7.89. The highest BCUT2D eigenvalue weighted by Gasteiger charge is 2.17. The third-order valence-electron chi connectivity index (χ3n) is 3.45. The van der Waals surface area contributed by atoms with Crippen LogP contribution < -0.4 is 20.9 Å². The topological polar surface area (TPSA) is 105 Å². The highest BCUT2D eigenvalue weighted by Crippen LogP contribution is 2.26. The van der Waals surface area contributed by atoms with Crippen LogP contribution in [0.2, 0.25) is 0 Å². The standard InChI is InChI=1S/C16H20N2O4S/c1-21-13-3-5-15(17)11(7-13)9-23(19,20)10-12-8-14(22-2)4-6-16(12)18/h3-8H,9-10,17-18H2,1-2H3. The van der Waals surface area contributed by atoms with Crippen LogP contribution in [0.1, 0.15) is 11.1 Å². The molecule has 0 radical (unpaired) electrons. The van der Waals surface area contributed by atoms with Crippen LogP contribution in [0, 0.1) is 0 Å². The van der Waals surface area contributed by atoms with E-state index >= 15 is 0 Å². The molecule has 2 aromatic carbocycles. The van der Waals surface area contributed by atoms with Crippen LogP contribution in [0.25, 0.3) is 0 Å². The monoisotopic (exact) mass is 336 g/mol. The summed E-state index contributed by atoms with van der Waals surface area (Å²) < 4.78 is 35.2. The normalized spacial score (nSPS) is 11.2. The van der Waals surface area contributed by atoms with E-state index in [0.717, 1.165) is 0 Å². The molecule has 0 atom stereocenters. The first kappa shape index (κ1) is 17.0.